The number of hydrogen-bond acceptors (Lipinski definition) is 12. The number of benzene rings is 6. The van der Waals surface area contributed by atoms with E-state index in [2.05, 4.69) is 15.4 Å². The van der Waals surface area contributed by atoms with E-state index >= 15 is 0 Å². The largest absolute Gasteiger partial charge is 0.496 e. The van der Waals surface area contributed by atoms with Gasteiger partial charge in [-0.05, 0) is 171 Å². The Labute approximate surface area is 482 Å². The first kappa shape index (κ1) is 60.4. The normalized spacial score (nSPS) is 13.5. The third-order valence-electron chi connectivity index (χ3n) is 14.6. The molecule has 19 nitrogen and oxygen atoms in total. The van der Waals surface area contributed by atoms with Gasteiger partial charge in [0.15, 0.2) is 0 Å². The zero-order chi connectivity index (χ0) is 59.6. The van der Waals surface area contributed by atoms with Gasteiger partial charge in [0.1, 0.15) is 23.7 Å². The van der Waals surface area contributed by atoms with Crippen molar-refractivity contribution in [3.05, 3.63) is 178 Å². The number of ether oxygens (including phenoxy) is 4. The molecule has 2 saturated carbocycles. The van der Waals surface area contributed by atoms with Crippen molar-refractivity contribution >= 4 is 77.3 Å². The van der Waals surface area contributed by atoms with Crippen LogP contribution in [0.25, 0.3) is 21.8 Å². The Morgan fingerprint density at radius 3 is 1.40 bits per heavy atom. The molecule has 0 saturated heterocycles. The lowest BCUT2D eigenvalue weighted by atomic mass is 10.0. The molecule has 2 aliphatic carbocycles. The second-order valence-electron chi connectivity index (χ2n) is 20.6. The van der Waals surface area contributed by atoms with E-state index in [0.717, 1.165) is 95.4 Å². The van der Waals surface area contributed by atoms with E-state index in [1.165, 1.54) is 38.5 Å². The molecule has 0 spiro atoms. The standard InChI is InChI=1S/C31H33N3O6S.C24H26N2O5.C7H9NO2S/c1-20-8-4-7-11-29(20)41(37,38)33-30(35)22-13-12-21(28(17-22)39-3)16-23-19-34(2)27-15-14-24(18-26(23)27)32-31(36)40-25-9-5-6-10-25;1-26-14-17(11-15-7-8-16(23(27)28)12-22(15)30-2)20-13-18(9-10-21(20)26)25-24(29)31-19-5-3-4-6-19;1-6-4-2-3-5-7(6)11(8,9)10/h4,7-8,11-15,17-19,25H,5-6,9-10,16H2,1-3H3,(H,32,36)(H,33,35);7-10,12-14,19H,3-6,11H2,1-2H3,(H,25,29)(H,27,28);2-5H,1H3,(H2,8,9,10). The SMILES string of the molecule is COc1cc(C(=O)NS(=O)(=O)c2ccccc2C)ccc1Cc1cn(C)c2ccc(NC(=O)OC3CCCC3)cc12.COc1cc(C(=O)O)ccc1Cc1cn(C)c2ccc(NC(=O)OC3CCCC3)cc12.Cc1ccccc1S(N)(=O)=O. The number of carbonyl (C=O) groups is 4. The summed E-state index contributed by atoms with van der Waals surface area (Å²) in [4.78, 5) is 49.1. The van der Waals surface area contributed by atoms with Crippen LogP contribution >= 0.6 is 0 Å². The van der Waals surface area contributed by atoms with Gasteiger partial charge in [-0.3, -0.25) is 15.4 Å². The van der Waals surface area contributed by atoms with Crippen LogP contribution in [0.3, 0.4) is 0 Å². The van der Waals surface area contributed by atoms with Crippen LogP contribution in [0.4, 0.5) is 21.0 Å². The van der Waals surface area contributed by atoms with E-state index in [1.54, 1.807) is 74.5 Å². The fourth-order valence-corrected chi connectivity index (χ4v) is 12.4. The average Bonchev–Trinajstić information content (AvgIpc) is 4.24. The first-order chi connectivity index (χ1) is 39.6. The molecule has 6 N–H and O–H groups in total. The molecule has 0 unspecified atom stereocenters. The molecule has 0 radical (unpaired) electrons. The Kier molecular flexibility index (Phi) is 19.3. The number of primary sulfonamides is 1. The molecular formula is C62H68N6O13S2. The number of nitrogens with one attached hydrogen (secondary N) is 3. The van der Waals surface area contributed by atoms with Crippen LogP contribution < -0.4 is 30.0 Å². The molecule has 0 atom stereocenters. The van der Waals surface area contributed by atoms with Crippen molar-refractivity contribution in [3.8, 4) is 11.5 Å². The number of fused-ring (bicyclic) bond motifs is 2. The third kappa shape index (κ3) is 15.3. The molecule has 0 aliphatic heterocycles. The van der Waals surface area contributed by atoms with E-state index < -0.39 is 44.1 Å². The molecule has 2 aliphatic rings. The molecule has 6 aromatic carbocycles. The quantitative estimate of drug-likeness (QED) is 0.0640. The van der Waals surface area contributed by atoms with Gasteiger partial charge in [0.05, 0.1) is 29.6 Å². The van der Waals surface area contributed by atoms with Crippen molar-refractivity contribution in [1.82, 2.24) is 13.9 Å². The highest BCUT2D eigenvalue weighted by Gasteiger charge is 2.24. The van der Waals surface area contributed by atoms with E-state index in [9.17, 15) is 41.1 Å². The lowest BCUT2D eigenvalue weighted by Crippen LogP contribution is -2.31. The fourth-order valence-electron chi connectivity index (χ4n) is 10.4. The molecule has 2 fully saturated rings. The number of carbonyl (C=O) groups excluding carboxylic acids is 3. The molecule has 2 heterocycles. The maximum atomic E-state index is 12.9. The van der Waals surface area contributed by atoms with Crippen LogP contribution in [-0.4, -0.2) is 81.6 Å². The number of methoxy groups -OCH3 is 2. The van der Waals surface area contributed by atoms with Crippen LogP contribution in [0.2, 0.25) is 0 Å². The molecule has 10 rings (SSSR count). The number of aromatic carboxylic acids is 1. The second-order valence-corrected chi connectivity index (χ2v) is 23.8. The number of aryl methyl sites for hydroxylation is 4. The summed E-state index contributed by atoms with van der Waals surface area (Å²) in [6.45, 7) is 3.38. The summed E-state index contributed by atoms with van der Waals surface area (Å²) in [5.41, 5.74) is 8.65. The van der Waals surface area contributed by atoms with Gasteiger partial charge < -0.3 is 33.2 Å². The maximum absolute atomic E-state index is 12.9. The van der Waals surface area contributed by atoms with Gasteiger partial charge >= 0.3 is 18.2 Å². The van der Waals surface area contributed by atoms with Gasteiger partial charge in [-0.2, -0.15) is 0 Å². The topological polar surface area (TPSA) is 266 Å². The first-order valence-electron chi connectivity index (χ1n) is 27.0. The van der Waals surface area contributed by atoms with E-state index in [4.69, 9.17) is 24.1 Å². The number of carboxylic acid groups (broad SMARTS) is 1. The van der Waals surface area contributed by atoms with Gasteiger partial charge in [-0.25, -0.2) is 41.1 Å². The number of anilines is 2. The van der Waals surface area contributed by atoms with E-state index in [-0.39, 0.29) is 33.1 Å². The molecule has 0 bridgehead atoms. The predicted molar refractivity (Wildman–Crippen MR) is 317 cm³/mol. The van der Waals surface area contributed by atoms with E-state index in [0.29, 0.717) is 46.8 Å². The van der Waals surface area contributed by atoms with Crippen LogP contribution in [0.1, 0.15) is 105 Å². The van der Waals surface area contributed by atoms with Gasteiger partial charge in [0.2, 0.25) is 10.0 Å². The molecule has 436 valence electrons. The van der Waals surface area contributed by atoms with Crippen molar-refractivity contribution in [2.75, 3.05) is 24.9 Å². The third-order valence-corrected chi connectivity index (χ3v) is 17.2. The fraction of sp³-hybridized carbons (Fsp3) is 0.290. The highest BCUT2D eigenvalue weighted by atomic mass is 32.2. The molecule has 21 heteroatoms. The number of rotatable bonds is 15. The molecule has 83 heavy (non-hydrogen) atoms. The van der Waals surface area contributed by atoms with Gasteiger partial charge in [0.25, 0.3) is 15.9 Å². The minimum Gasteiger partial charge on any atom is -0.496 e. The Bertz CT molecular complexity index is 3940. The monoisotopic (exact) mass is 1170 g/mol. The Hall–Kier alpha value is -8.66. The number of amides is 3. The number of nitrogens with zero attached hydrogens (tertiary/aromatic N) is 2. The second kappa shape index (κ2) is 26.5. The molecule has 8 aromatic rings. The minimum absolute atomic E-state index is 0.0113. The van der Waals surface area contributed by atoms with Gasteiger partial charge in [-0.1, -0.05) is 48.5 Å². The Balaban J connectivity index is 0.000000188. The Morgan fingerprint density at radius 1 is 0.566 bits per heavy atom. The molecular weight excluding hydrogens is 1100 g/mol. The summed E-state index contributed by atoms with van der Waals surface area (Å²) < 4.78 is 75.5. The summed E-state index contributed by atoms with van der Waals surface area (Å²) >= 11 is 0. The number of aromatic nitrogens is 2. The summed E-state index contributed by atoms with van der Waals surface area (Å²) in [6, 6.07) is 34.4. The molecule has 2 aromatic heterocycles. The Morgan fingerprint density at radius 2 is 0.988 bits per heavy atom. The van der Waals surface area contributed by atoms with Crippen LogP contribution in [-0.2, 0) is 56.5 Å². The van der Waals surface area contributed by atoms with Crippen molar-refractivity contribution in [2.24, 2.45) is 19.2 Å². The number of sulfonamides is 2. The zero-order valence-corrected chi connectivity index (χ0v) is 48.7. The van der Waals surface area contributed by atoms with Crippen molar-refractivity contribution in [2.45, 2.75) is 100 Å². The first-order valence-corrected chi connectivity index (χ1v) is 30.0. The summed E-state index contributed by atoms with van der Waals surface area (Å²) in [5, 5.41) is 21.8. The number of hydrogen-bond donors (Lipinski definition) is 5. The van der Waals surface area contributed by atoms with Crippen LogP contribution in [0.5, 0.6) is 11.5 Å². The lowest BCUT2D eigenvalue weighted by molar-refractivity contribution is 0.0695. The summed E-state index contributed by atoms with van der Waals surface area (Å²) in [5.74, 6) is -0.748. The summed E-state index contributed by atoms with van der Waals surface area (Å²) in [7, 11) is -0.613. The smallest absolute Gasteiger partial charge is 0.411 e. The van der Waals surface area contributed by atoms with Crippen molar-refractivity contribution in [3.63, 3.8) is 0 Å². The molecule has 3 amide bonds. The van der Waals surface area contributed by atoms with Gasteiger partial charge in [-0.15, -0.1) is 0 Å². The highest BCUT2D eigenvalue weighted by molar-refractivity contribution is 7.90. The number of nitrogens with two attached hydrogens (primary N) is 1. The van der Waals surface area contributed by atoms with Gasteiger partial charge in [0, 0.05) is 78.1 Å². The van der Waals surface area contributed by atoms with Crippen molar-refractivity contribution in [1.29, 1.82) is 0 Å². The van der Waals surface area contributed by atoms with E-state index in [1.807, 2.05) is 72.0 Å². The number of carboxylic acids is 1. The van der Waals surface area contributed by atoms with Crippen LogP contribution in [0.15, 0.2) is 144 Å². The minimum atomic E-state index is -4.04. The average molecular weight is 1170 g/mol. The lowest BCUT2D eigenvalue weighted by Gasteiger charge is -2.13. The summed E-state index contributed by atoms with van der Waals surface area (Å²) in [6.07, 6.45) is 12.3. The zero-order valence-electron chi connectivity index (χ0n) is 47.1. The van der Waals surface area contributed by atoms with Crippen LogP contribution in [0, 0.1) is 13.8 Å². The highest BCUT2D eigenvalue weighted by Crippen LogP contribution is 2.33. The van der Waals surface area contributed by atoms with Crippen molar-refractivity contribution < 1.29 is 60.1 Å². The maximum Gasteiger partial charge on any atom is 0.411 e. The predicted octanol–water partition coefficient (Wildman–Crippen LogP) is 11.3.